The maximum Gasteiger partial charge on any atom is 0.234 e. The van der Waals surface area contributed by atoms with E-state index < -0.39 is 11.9 Å². The Balaban J connectivity index is 2.08. The summed E-state index contributed by atoms with van der Waals surface area (Å²) in [4.78, 5) is 26.9. The summed E-state index contributed by atoms with van der Waals surface area (Å²) in [5.74, 6) is -2.02. The molecule has 1 amide bonds. The molecule has 0 fully saturated rings. The summed E-state index contributed by atoms with van der Waals surface area (Å²) in [6.07, 6.45) is -0.269. The third kappa shape index (κ3) is 4.43. The van der Waals surface area contributed by atoms with Crippen LogP contribution in [0.5, 0.6) is 0 Å². The van der Waals surface area contributed by atoms with Crippen LogP contribution in [0.4, 0.5) is 5.69 Å². The Labute approximate surface area is 140 Å². The van der Waals surface area contributed by atoms with E-state index in [9.17, 15) is 14.7 Å². The lowest BCUT2D eigenvalue weighted by molar-refractivity contribution is -0.304. The molecule has 116 valence electrons. The predicted molar refractivity (Wildman–Crippen MR) is 84.3 cm³/mol. The lowest BCUT2D eigenvalue weighted by Gasteiger charge is -2.10. The number of thiazole rings is 1. The van der Waals surface area contributed by atoms with Gasteiger partial charge in [0.1, 0.15) is 5.01 Å². The Morgan fingerprint density at radius 3 is 2.55 bits per heavy atom. The number of carbonyl (C=O) groups excluding carboxylic acids is 2. The number of hydrogen-bond acceptors (Lipinski definition) is 5. The van der Waals surface area contributed by atoms with Crippen molar-refractivity contribution in [3.8, 4) is 0 Å². The summed E-state index contributed by atoms with van der Waals surface area (Å²) in [6, 6.07) is 4.73. The van der Waals surface area contributed by atoms with Crippen LogP contribution in [-0.2, 0) is 16.0 Å². The SMILES string of the molecule is C[C@@H](C(=O)Nc1cc(Cl)cc(Cl)c1)c1nc(CC(=O)[O-])cs1. The second kappa shape index (κ2) is 7.09. The minimum Gasteiger partial charge on any atom is -0.550 e. The minimum absolute atomic E-state index is 0.269. The highest BCUT2D eigenvalue weighted by Gasteiger charge is 2.19. The molecule has 0 bridgehead atoms. The highest BCUT2D eigenvalue weighted by Crippen LogP contribution is 2.25. The molecule has 22 heavy (non-hydrogen) atoms. The normalized spacial score (nSPS) is 12.0. The van der Waals surface area contributed by atoms with E-state index in [1.165, 1.54) is 11.3 Å². The predicted octanol–water partition coefficient (Wildman–Crippen LogP) is 2.48. The average molecular weight is 358 g/mol. The highest BCUT2D eigenvalue weighted by molar-refractivity contribution is 7.09. The maximum absolute atomic E-state index is 12.2. The van der Waals surface area contributed by atoms with Crippen molar-refractivity contribution in [1.29, 1.82) is 0 Å². The van der Waals surface area contributed by atoms with Crippen molar-refractivity contribution in [3.63, 3.8) is 0 Å². The van der Waals surface area contributed by atoms with Gasteiger partial charge in [0.2, 0.25) is 5.91 Å². The first-order chi connectivity index (χ1) is 10.3. The molecule has 0 aliphatic carbocycles. The first-order valence-electron chi connectivity index (χ1n) is 6.26. The van der Waals surface area contributed by atoms with E-state index in [0.717, 1.165) is 0 Å². The van der Waals surface area contributed by atoms with Crippen molar-refractivity contribution in [3.05, 3.63) is 44.3 Å². The van der Waals surface area contributed by atoms with Crippen molar-refractivity contribution < 1.29 is 14.7 Å². The van der Waals surface area contributed by atoms with Crippen LogP contribution in [0.15, 0.2) is 23.6 Å². The molecular formula is C14H11Cl2N2O3S-. The first kappa shape index (κ1) is 16.7. The average Bonchev–Trinajstić information content (AvgIpc) is 2.84. The fraction of sp³-hybridized carbons (Fsp3) is 0.214. The second-order valence-electron chi connectivity index (χ2n) is 4.59. The Bertz CT molecular complexity index is 698. The van der Waals surface area contributed by atoms with Gasteiger partial charge in [-0.1, -0.05) is 23.2 Å². The van der Waals surface area contributed by atoms with E-state index in [4.69, 9.17) is 23.2 Å². The third-order valence-corrected chi connectivity index (χ3v) is 4.30. The van der Waals surface area contributed by atoms with Gasteiger partial charge < -0.3 is 15.2 Å². The van der Waals surface area contributed by atoms with Crippen molar-refractivity contribution >= 4 is 52.1 Å². The molecule has 0 radical (unpaired) electrons. The van der Waals surface area contributed by atoms with Gasteiger partial charge >= 0.3 is 0 Å². The van der Waals surface area contributed by atoms with Crippen LogP contribution in [-0.4, -0.2) is 16.9 Å². The number of hydrogen-bond donors (Lipinski definition) is 1. The molecule has 1 heterocycles. The van der Waals surface area contributed by atoms with Gasteiger partial charge in [-0.3, -0.25) is 4.79 Å². The molecule has 0 aliphatic rings. The fourth-order valence-electron chi connectivity index (χ4n) is 1.74. The molecule has 5 nitrogen and oxygen atoms in total. The highest BCUT2D eigenvalue weighted by atomic mass is 35.5. The molecule has 2 aromatic rings. The molecule has 0 saturated heterocycles. The van der Waals surface area contributed by atoms with Gasteiger partial charge in [-0.15, -0.1) is 11.3 Å². The number of aromatic nitrogens is 1. The van der Waals surface area contributed by atoms with E-state index in [2.05, 4.69) is 10.3 Å². The van der Waals surface area contributed by atoms with Crippen LogP contribution in [0.2, 0.25) is 10.0 Å². The summed E-state index contributed by atoms with van der Waals surface area (Å²) in [5, 5.41) is 16.2. The number of benzene rings is 1. The molecule has 1 atom stereocenters. The van der Waals surface area contributed by atoms with Gasteiger partial charge in [-0.2, -0.15) is 0 Å². The molecule has 0 aliphatic heterocycles. The number of nitrogens with zero attached hydrogens (tertiary/aromatic N) is 1. The number of nitrogens with one attached hydrogen (secondary N) is 1. The molecule has 1 N–H and O–H groups in total. The summed E-state index contributed by atoms with van der Waals surface area (Å²) in [6.45, 7) is 1.68. The van der Waals surface area contributed by atoms with E-state index >= 15 is 0 Å². The number of carbonyl (C=O) groups is 2. The standard InChI is InChI=1S/C14H12Cl2N2O3S/c1-7(14-18-11(6-22-14)5-12(19)20)13(21)17-10-3-8(15)2-9(16)4-10/h2-4,6-7H,5H2,1H3,(H,17,21)(H,19,20)/p-1/t7-/m0/s1. The van der Waals surface area contributed by atoms with Gasteiger partial charge in [0.25, 0.3) is 0 Å². The summed E-state index contributed by atoms with van der Waals surface area (Å²) < 4.78 is 0. The van der Waals surface area contributed by atoms with Crippen LogP contribution in [0, 0.1) is 0 Å². The Kier molecular flexibility index (Phi) is 5.39. The van der Waals surface area contributed by atoms with Crippen LogP contribution in [0.25, 0.3) is 0 Å². The van der Waals surface area contributed by atoms with Gasteiger partial charge in [0.15, 0.2) is 0 Å². The second-order valence-corrected chi connectivity index (χ2v) is 6.36. The van der Waals surface area contributed by atoms with E-state index in [-0.39, 0.29) is 12.3 Å². The molecule has 1 aromatic heterocycles. The first-order valence-corrected chi connectivity index (χ1v) is 7.90. The zero-order chi connectivity index (χ0) is 16.3. The van der Waals surface area contributed by atoms with Gasteiger partial charge in [-0.05, 0) is 25.1 Å². The minimum atomic E-state index is -1.21. The topological polar surface area (TPSA) is 82.1 Å². The molecule has 0 spiro atoms. The van der Waals surface area contributed by atoms with Gasteiger partial charge in [-0.25, -0.2) is 4.98 Å². The molecule has 2 rings (SSSR count). The number of aliphatic carboxylic acids is 1. The fourth-order valence-corrected chi connectivity index (χ4v) is 3.14. The van der Waals surface area contributed by atoms with Crippen LogP contribution in [0.1, 0.15) is 23.5 Å². The number of carboxylic acids is 1. The van der Waals surface area contributed by atoms with Crippen LogP contribution >= 0.6 is 34.5 Å². The quantitative estimate of drug-likeness (QED) is 0.890. The Morgan fingerprint density at radius 1 is 1.32 bits per heavy atom. The lowest BCUT2D eigenvalue weighted by atomic mass is 10.1. The molecule has 8 heteroatoms. The van der Waals surface area contributed by atoms with Gasteiger partial charge in [0, 0.05) is 33.5 Å². The van der Waals surface area contributed by atoms with Gasteiger partial charge in [0.05, 0.1) is 11.6 Å². The number of halogens is 2. The molecule has 1 aromatic carbocycles. The van der Waals surface area contributed by atoms with E-state index in [0.29, 0.717) is 26.4 Å². The maximum atomic E-state index is 12.2. The van der Waals surface area contributed by atoms with Crippen molar-refractivity contribution in [2.75, 3.05) is 5.32 Å². The molecule has 0 saturated carbocycles. The number of amides is 1. The number of anilines is 1. The summed E-state index contributed by atoms with van der Waals surface area (Å²) in [5.41, 5.74) is 0.867. The monoisotopic (exact) mass is 357 g/mol. The Morgan fingerprint density at radius 2 is 1.95 bits per heavy atom. The Hall–Kier alpha value is -1.63. The zero-order valence-corrected chi connectivity index (χ0v) is 13.8. The zero-order valence-electron chi connectivity index (χ0n) is 11.4. The van der Waals surface area contributed by atoms with E-state index in [1.54, 1.807) is 30.5 Å². The van der Waals surface area contributed by atoms with Crippen molar-refractivity contribution in [2.45, 2.75) is 19.3 Å². The van der Waals surface area contributed by atoms with Crippen molar-refractivity contribution in [1.82, 2.24) is 4.98 Å². The van der Waals surface area contributed by atoms with Crippen LogP contribution < -0.4 is 10.4 Å². The summed E-state index contributed by atoms with van der Waals surface area (Å²) >= 11 is 13.0. The lowest BCUT2D eigenvalue weighted by Crippen LogP contribution is -2.24. The molecular weight excluding hydrogens is 347 g/mol. The number of carboxylic acid groups (broad SMARTS) is 1. The summed E-state index contributed by atoms with van der Waals surface area (Å²) in [7, 11) is 0. The largest absolute Gasteiger partial charge is 0.550 e. The van der Waals surface area contributed by atoms with Crippen molar-refractivity contribution in [2.24, 2.45) is 0 Å². The smallest absolute Gasteiger partial charge is 0.234 e. The third-order valence-electron chi connectivity index (χ3n) is 2.79. The number of rotatable bonds is 5. The molecule has 0 unspecified atom stereocenters. The van der Waals surface area contributed by atoms with E-state index in [1.807, 2.05) is 0 Å². The van der Waals surface area contributed by atoms with Crippen LogP contribution in [0.3, 0.4) is 0 Å².